The number of hydrogen-bond acceptors (Lipinski definition) is 4. The van der Waals surface area contributed by atoms with Crippen LogP contribution in [0.3, 0.4) is 0 Å². The molecule has 2 aromatic heterocycles. The molecule has 2 bridgehead atoms. The van der Waals surface area contributed by atoms with Gasteiger partial charge >= 0.3 is 0 Å². The summed E-state index contributed by atoms with van der Waals surface area (Å²) < 4.78 is 15.1. The maximum Gasteiger partial charge on any atom is 0.259 e. The fourth-order valence-corrected chi connectivity index (χ4v) is 4.79. The minimum atomic E-state index is -0.286. The van der Waals surface area contributed by atoms with E-state index < -0.39 is 0 Å². The number of carbonyl (C=O) groups is 1. The van der Waals surface area contributed by atoms with Crippen LogP contribution in [0.15, 0.2) is 24.4 Å². The maximum atomic E-state index is 13.6. The standard InChI is InChI=1S/C19H20ClFN6O/c1-26-17(20)15(9-22-26)19(28)27-12-3-4-13(27)8-11(7-12)23-18-14-6-10(21)2-5-16(14)24-25-18/h2,5-6,9,11-13H,3-4,7-8H2,1H3,(H2,23,24,25)/t11?,12-,13+. The molecule has 0 saturated carbocycles. The van der Waals surface area contributed by atoms with Crippen molar-refractivity contribution in [1.29, 1.82) is 0 Å². The molecule has 1 aromatic carbocycles. The highest BCUT2D eigenvalue weighted by Gasteiger charge is 2.44. The van der Waals surface area contributed by atoms with E-state index >= 15 is 0 Å². The zero-order valence-corrected chi connectivity index (χ0v) is 16.1. The summed E-state index contributed by atoms with van der Waals surface area (Å²) in [7, 11) is 1.72. The van der Waals surface area contributed by atoms with E-state index in [9.17, 15) is 9.18 Å². The van der Waals surface area contributed by atoms with Gasteiger partial charge in [0.2, 0.25) is 0 Å². The Morgan fingerprint density at radius 3 is 2.75 bits per heavy atom. The van der Waals surface area contributed by atoms with Crippen LogP contribution in [0, 0.1) is 5.82 Å². The van der Waals surface area contributed by atoms with Crippen LogP contribution in [0.25, 0.3) is 10.9 Å². The van der Waals surface area contributed by atoms with Crippen LogP contribution in [0.2, 0.25) is 5.15 Å². The van der Waals surface area contributed by atoms with Crippen LogP contribution >= 0.6 is 11.6 Å². The Morgan fingerprint density at radius 2 is 2.07 bits per heavy atom. The number of nitrogens with zero attached hydrogens (tertiary/aromatic N) is 4. The van der Waals surface area contributed by atoms with Crippen molar-refractivity contribution >= 4 is 34.2 Å². The molecule has 146 valence electrons. The normalized spacial score (nSPS) is 24.1. The molecule has 2 fully saturated rings. The number of nitrogens with one attached hydrogen (secondary N) is 2. The fraction of sp³-hybridized carbons (Fsp3) is 0.421. The molecular weight excluding hydrogens is 383 g/mol. The second-order valence-electron chi connectivity index (χ2n) is 7.64. The first-order valence-electron chi connectivity index (χ1n) is 9.41. The summed E-state index contributed by atoms with van der Waals surface area (Å²) >= 11 is 6.23. The lowest BCUT2D eigenvalue weighted by Gasteiger charge is -2.39. The number of fused-ring (bicyclic) bond motifs is 3. The fourth-order valence-electron chi connectivity index (χ4n) is 4.62. The maximum absolute atomic E-state index is 13.6. The Morgan fingerprint density at radius 1 is 1.32 bits per heavy atom. The second kappa shape index (κ2) is 6.48. The van der Waals surface area contributed by atoms with Gasteiger partial charge in [-0.2, -0.15) is 10.2 Å². The van der Waals surface area contributed by atoms with Crippen molar-refractivity contribution in [3.63, 3.8) is 0 Å². The van der Waals surface area contributed by atoms with Gasteiger partial charge in [-0.25, -0.2) is 4.39 Å². The molecule has 2 aliphatic rings. The van der Waals surface area contributed by atoms with Gasteiger partial charge in [0.1, 0.15) is 11.0 Å². The second-order valence-corrected chi connectivity index (χ2v) is 8.00. The molecule has 28 heavy (non-hydrogen) atoms. The lowest BCUT2D eigenvalue weighted by Crippen LogP contribution is -2.49. The van der Waals surface area contributed by atoms with Gasteiger partial charge in [-0.15, -0.1) is 0 Å². The number of aryl methyl sites for hydroxylation is 1. The van der Waals surface area contributed by atoms with Crippen LogP contribution in [0.1, 0.15) is 36.0 Å². The highest BCUT2D eigenvalue weighted by molar-refractivity contribution is 6.32. The molecule has 9 heteroatoms. The number of H-pyrrole nitrogens is 1. The molecule has 3 atom stereocenters. The lowest BCUT2D eigenvalue weighted by atomic mass is 9.96. The first kappa shape index (κ1) is 17.5. The van der Waals surface area contributed by atoms with E-state index in [0.29, 0.717) is 16.5 Å². The summed E-state index contributed by atoms with van der Waals surface area (Å²) in [5.74, 6) is 0.330. The third-order valence-electron chi connectivity index (χ3n) is 5.93. The molecule has 0 aliphatic carbocycles. The van der Waals surface area contributed by atoms with E-state index in [-0.39, 0.29) is 29.8 Å². The Hall–Kier alpha value is -2.61. The van der Waals surface area contributed by atoms with Crippen molar-refractivity contribution in [1.82, 2.24) is 24.9 Å². The van der Waals surface area contributed by atoms with Crippen LogP contribution in [-0.4, -0.2) is 48.9 Å². The third kappa shape index (κ3) is 2.74. The van der Waals surface area contributed by atoms with Crippen LogP contribution in [-0.2, 0) is 7.05 Å². The van der Waals surface area contributed by atoms with Crippen LogP contribution in [0.5, 0.6) is 0 Å². The number of hydrogen-bond donors (Lipinski definition) is 2. The lowest BCUT2D eigenvalue weighted by molar-refractivity contribution is 0.0583. The van der Waals surface area contributed by atoms with E-state index in [1.54, 1.807) is 19.3 Å². The van der Waals surface area contributed by atoms with Gasteiger partial charge in [0.25, 0.3) is 5.91 Å². The summed E-state index contributed by atoms with van der Waals surface area (Å²) in [6, 6.07) is 5.08. The minimum absolute atomic E-state index is 0.0451. The SMILES string of the molecule is Cn1ncc(C(=O)N2[C@@H]3CC[C@H]2CC(Nc2n[nH]c4ccc(F)cc24)C3)c1Cl. The Balaban J connectivity index is 1.34. The number of anilines is 1. The van der Waals surface area contributed by atoms with Gasteiger partial charge in [0.15, 0.2) is 5.82 Å². The first-order chi connectivity index (χ1) is 13.5. The Labute approximate surface area is 165 Å². The van der Waals surface area contributed by atoms with E-state index in [1.807, 2.05) is 4.90 Å². The zero-order valence-electron chi connectivity index (χ0n) is 15.3. The molecule has 2 saturated heterocycles. The molecule has 0 radical (unpaired) electrons. The Bertz CT molecular complexity index is 1050. The first-order valence-corrected chi connectivity index (χ1v) is 9.79. The zero-order chi connectivity index (χ0) is 19.4. The molecule has 5 rings (SSSR count). The van der Waals surface area contributed by atoms with Crippen molar-refractivity contribution < 1.29 is 9.18 Å². The average molecular weight is 403 g/mol. The van der Waals surface area contributed by atoms with Crippen LogP contribution < -0.4 is 5.32 Å². The summed E-state index contributed by atoms with van der Waals surface area (Å²) in [4.78, 5) is 15.0. The molecule has 0 spiro atoms. The summed E-state index contributed by atoms with van der Waals surface area (Å²) in [6.07, 6.45) is 5.14. The van der Waals surface area contributed by atoms with Gasteiger partial charge in [0, 0.05) is 30.6 Å². The number of aromatic nitrogens is 4. The molecule has 3 aromatic rings. The van der Waals surface area contributed by atoms with Crippen molar-refractivity contribution in [2.24, 2.45) is 7.05 Å². The van der Waals surface area contributed by atoms with E-state index in [2.05, 4.69) is 20.6 Å². The monoisotopic (exact) mass is 402 g/mol. The van der Waals surface area contributed by atoms with Crippen molar-refractivity contribution in [3.05, 3.63) is 40.9 Å². The minimum Gasteiger partial charge on any atom is -0.365 e. The quantitative estimate of drug-likeness (QED) is 0.704. The summed E-state index contributed by atoms with van der Waals surface area (Å²) in [6.45, 7) is 0. The largest absolute Gasteiger partial charge is 0.365 e. The topological polar surface area (TPSA) is 78.8 Å². The number of piperidine rings is 1. The van der Waals surface area contributed by atoms with E-state index in [1.165, 1.54) is 16.8 Å². The average Bonchev–Trinajstić information content (AvgIpc) is 3.30. The summed E-state index contributed by atoms with van der Waals surface area (Å²) in [5.41, 5.74) is 1.26. The van der Waals surface area contributed by atoms with Gasteiger partial charge < -0.3 is 10.2 Å². The Kier molecular flexibility index (Phi) is 4.04. The van der Waals surface area contributed by atoms with Gasteiger partial charge in [-0.1, -0.05) is 11.6 Å². The molecule has 2 N–H and O–H groups in total. The number of halogens is 2. The van der Waals surface area contributed by atoms with E-state index in [0.717, 1.165) is 36.6 Å². The van der Waals surface area contributed by atoms with Gasteiger partial charge in [-0.05, 0) is 43.9 Å². The molecule has 1 amide bonds. The smallest absolute Gasteiger partial charge is 0.259 e. The number of rotatable bonds is 3. The third-order valence-corrected chi connectivity index (χ3v) is 6.38. The van der Waals surface area contributed by atoms with Gasteiger partial charge in [0.05, 0.1) is 17.3 Å². The van der Waals surface area contributed by atoms with Crippen molar-refractivity contribution in [2.75, 3.05) is 5.32 Å². The summed E-state index contributed by atoms with van der Waals surface area (Å²) in [5, 5.41) is 15.9. The van der Waals surface area contributed by atoms with E-state index in [4.69, 9.17) is 11.6 Å². The number of amides is 1. The number of carbonyl (C=O) groups excluding carboxylic acids is 1. The molecular formula is C19H20ClFN6O. The molecule has 4 heterocycles. The molecule has 2 aliphatic heterocycles. The predicted molar refractivity (Wildman–Crippen MR) is 104 cm³/mol. The molecule has 7 nitrogen and oxygen atoms in total. The van der Waals surface area contributed by atoms with Crippen LogP contribution in [0.4, 0.5) is 10.2 Å². The van der Waals surface area contributed by atoms with Gasteiger partial charge in [-0.3, -0.25) is 14.6 Å². The van der Waals surface area contributed by atoms with Crippen molar-refractivity contribution in [2.45, 2.75) is 43.8 Å². The highest BCUT2D eigenvalue weighted by atomic mass is 35.5. The molecule has 1 unspecified atom stereocenters. The number of aromatic amines is 1. The number of benzene rings is 1. The highest BCUT2D eigenvalue weighted by Crippen LogP contribution is 2.38. The van der Waals surface area contributed by atoms with Crippen molar-refractivity contribution in [3.8, 4) is 0 Å². The predicted octanol–water partition coefficient (Wildman–Crippen LogP) is 3.34.